The number of nitrogens with zero attached hydrogens (tertiary/aromatic N) is 1. The number of amides is 3. The van der Waals surface area contributed by atoms with Gasteiger partial charge in [0, 0.05) is 30.5 Å². The maximum atomic E-state index is 12.1. The van der Waals surface area contributed by atoms with Crippen LogP contribution in [0.5, 0.6) is 0 Å². The van der Waals surface area contributed by atoms with E-state index in [0.717, 1.165) is 0 Å². The monoisotopic (exact) mass is 313 g/mol. The number of hydrogen-bond acceptors (Lipinski definition) is 3. The highest BCUT2D eigenvalue weighted by molar-refractivity contribution is 5.86. The van der Waals surface area contributed by atoms with Crippen LogP contribution in [0.2, 0.25) is 0 Å². The van der Waals surface area contributed by atoms with Gasteiger partial charge >= 0.3 is 0 Å². The maximum absolute atomic E-state index is 12.1. The van der Waals surface area contributed by atoms with E-state index >= 15 is 0 Å². The van der Waals surface area contributed by atoms with Crippen molar-refractivity contribution in [1.29, 1.82) is 0 Å². The van der Waals surface area contributed by atoms with Crippen molar-refractivity contribution in [2.24, 2.45) is 5.41 Å². The highest BCUT2D eigenvalue weighted by Gasteiger charge is 2.22. The van der Waals surface area contributed by atoms with Crippen LogP contribution < -0.4 is 10.6 Å². The van der Waals surface area contributed by atoms with E-state index in [4.69, 9.17) is 0 Å². The Balaban J connectivity index is 4.32. The van der Waals surface area contributed by atoms with Crippen LogP contribution >= 0.6 is 0 Å². The molecule has 0 rings (SSSR count). The fourth-order valence-electron chi connectivity index (χ4n) is 1.71. The van der Waals surface area contributed by atoms with Gasteiger partial charge in [0.2, 0.25) is 17.7 Å². The zero-order valence-corrected chi connectivity index (χ0v) is 15.0. The second kappa shape index (κ2) is 8.15. The van der Waals surface area contributed by atoms with Gasteiger partial charge in [0.1, 0.15) is 0 Å². The first-order valence-electron chi connectivity index (χ1n) is 7.74. The molecule has 6 nitrogen and oxygen atoms in total. The van der Waals surface area contributed by atoms with Crippen molar-refractivity contribution < 1.29 is 14.4 Å². The Labute approximate surface area is 134 Å². The average Bonchev–Trinajstić information content (AvgIpc) is 2.32. The molecule has 6 heteroatoms. The van der Waals surface area contributed by atoms with Crippen LogP contribution in [0.4, 0.5) is 0 Å². The van der Waals surface area contributed by atoms with Crippen LogP contribution in [-0.4, -0.2) is 47.8 Å². The predicted octanol–water partition coefficient (Wildman–Crippen LogP) is 1.30. The Morgan fingerprint density at radius 3 is 1.95 bits per heavy atom. The average molecular weight is 313 g/mol. The molecular weight excluding hydrogens is 282 g/mol. The molecule has 0 aromatic rings. The van der Waals surface area contributed by atoms with Crippen LogP contribution in [0, 0.1) is 5.41 Å². The fourth-order valence-corrected chi connectivity index (χ4v) is 1.71. The topological polar surface area (TPSA) is 78.5 Å². The standard InChI is InChI=1S/C16H31N3O3/c1-8-19(11-12(20)18-16(5,6)7)13(21)9-10-17-14(22)15(2,3)4/h8-11H2,1-7H3,(H,17,22)(H,18,20). The largest absolute Gasteiger partial charge is 0.355 e. The molecule has 22 heavy (non-hydrogen) atoms. The quantitative estimate of drug-likeness (QED) is 0.776. The summed E-state index contributed by atoms with van der Waals surface area (Å²) in [4.78, 5) is 37.2. The van der Waals surface area contributed by atoms with Crippen molar-refractivity contribution in [3.63, 3.8) is 0 Å². The molecule has 2 N–H and O–H groups in total. The first-order chi connectivity index (χ1) is 9.86. The lowest BCUT2D eigenvalue weighted by atomic mass is 9.96. The number of rotatable bonds is 6. The minimum absolute atomic E-state index is 0.0415. The summed E-state index contributed by atoms with van der Waals surface area (Å²) in [6, 6.07) is 0. The highest BCUT2D eigenvalue weighted by atomic mass is 16.2. The summed E-state index contributed by atoms with van der Waals surface area (Å²) >= 11 is 0. The normalized spacial score (nSPS) is 11.8. The molecule has 0 spiro atoms. The molecule has 3 amide bonds. The van der Waals surface area contributed by atoms with Crippen LogP contribution in [0.3, 0.4) is 0 Å². The van der Waals surface area contributed by atoms with Gasteiger partial charge in [-0.25, -0.2) is 0 Å². The van der Waals surface area contributed by atoms with Crippen molar-refractivity contribution >= 4 is 17.7 Å². The smallest absolute Gasteiger partial charge is 0.240 e. The summed E-state index contributed by atoms with van der Waals surface area (Å²) in [5.41, 5.74) is -0.791. The Hall–Kier alpha value is -1.59. The Bertz CT molecular complexity index is 406. The Kier molecular flexibility index (Phi) is 7.56. The molecule has 0 unspecified atom stereocenters. The van der Waals surface area contributed by atoms with Crippen LogP contribution in [-0.2, 0) is 14.4 Å². The zero-order valence-electron chi connectivity index (χ0n) is 15.0. The minimum Gasteiger partial charge on any atom is -0.355 e. The van der Waals surface area contributed by atoms with Crippen LogP contribution in [0.1, 0.15) is 54.9 Å². The number of hydrogen-bond donors (Lipinski definition) is 2. The van der Waals surface area contributed by atoms with E-state index in [9.17, 15) is 14.4 Å². The van der Waals surface area contributed by atoms with E-state index in [1.54, 1.807) is 0 Å². The van der Waals surface area contributed by atoms with Crippen molar-refractivity contribution in [1.82, 2.24) is 15.5 Å². The molecule has 0 fully saturated rings. The molecular formula is C16H31N3O3. The van der Waals surface area contributed by atoms with Gasteiger partial charge < -0.3 is 15.5 Å². The first-order valence-corrected chi connectivity index (χ1v) is 7.74. The molecule has 0 aromatic heterocycles. The number of likely N-dealkylation sites (N-methyl/N-ethyl adjacent to an activating group) is 1. The van der Waals surface area contributed by atoms with E-state index in [1.807, 2.05) is 48.5 Å². The molecule has 0 aliphatic heterocycles. The lowest BCUT2D eigenvalue weighted by Crippen LogP contribution is -2.47. The van der Waals surface area contributed by atoms with Crippen molar-refractivity contribution in [2.45, 2.75) is 60.4 Å². The van der Waals surface area contributed by atoms with E-state index in [0.29, 0.717) is 6.54 Å². The lowest BCUT2D eigenvalue weighted by molar-refractivity contribution is -0.136. The molecule has 0 aliphatic rings. The maximum Gasteiger partial charge on any atom is 0.240 e. The molecule has 0 atom stereocenters. The van der Waals surface area contributed by atoms with Gasteiger partial charge in [-0.1, -0.05) is 20.8 Å². The first kappa shape index (κ1) is 20.4. The van der Waals surface area contributed by atoms with Gasteiger partial charge in [-0.05, 0) is 27.7 Å². The number of nitrogens with one attached hydrogen (secondary N) is 2. The van der Waals surface area contributed by atoms with Gasteiger partial charge in [0.15, 0.2) is 0 Å². The zero-order chi connectivity index (χ0) is 17.6. The van der Waals surface area contributed by atoms with Gasteiger partial charge in [0.05, 0.1) is 6.54 Å². The molecule has 0 saturated carbocycles. The summed E-state index contributed by atoms with van der Waals surface area (Å²) < 4.78 is 0. The van der Waals surface area contributed by atoms with Gasteiger partial charge in [-0.3, -0.25) is 14.4 Å². The third-order valence-corrected chi connectivity index (χ3v) is 2.89. The van der Waals surface area contributed by atoms with Crippen molar-refractivity contribution in [3.05, 3.63) is 0 Å². The second-order valence-electron chi connectivity index (χ2n) is 7.46. The third kappa shape index (κ3) is 8.64. The summed E-state index contributed by atoms with van der Waals surface area (Å²) in [5.74, 6) is -0.406. The van der Waals surface area contributed by atoms with Crippen molar-refractivity contribution in [3.8, 4) is 0 Å². The lowest BCUT2D eigenvalue weighted by Gasteiger charge is -2.25. The van der Waals surface area contributed by atoms with Gasteiger partial charge in [-0.2, -0.15) is 0 Å². The van der Waals surface area contributed by atoms with E-state index in [2.05, 4.69) is 10.6 Å². The highest BCUT2D eigenvalue weighted by Crippen LogP contribution is 2.12. The molecule has 0 saturated heterocycles. The van der Waals surface area contributed by atoms with E-state index in [1.165, 1.54) is 4.90 Å². The SMILES string of the molecule is CCN(CC(=O)NC(C)(C)C)C(=O)CCNC(=O)C(C)(C)C. The number of carbonyl (C=O) groups is 3. The molecule has 0 radical (unpaired) electrons. The molecule has 0 aliphatic carbocycles. The summed E-state index contributed by atoms with van der Waals surface area (Å²) in [7, 11) is 0. The van der Waals surface area contributed by atoms with Crippen molar-refractivity contribution in [2.75, 3.05) is 19.6 Å². The Morgan fingerprint density at radius 2 is 1.55 bits per heavy atom. The molecule has 0 aromatic carbocycles. The summed E-state index contributed by atoms with van der Waals surface area (Å²) in [6.45, 7) is 13.8. The Morgan fingerprint density at radius 1 is 1.00 bits per heavy atom. The fraction of sp³-hybridized carbons (Fsp3) is 0.812. The van der Waals surface area contributed by atoms with E-state index in [-0.39, 0.29) is 42.8 Å². The minimum atomic E-state index is -0.472. The second-order valence-corrected chi connectivity index (χ2v) is 7.46. The predicted molar refractivity (Wildman–Crippen MR) is 87.2 cm³/mol. The third-order valence-electron chi connectivity index (χ3n) is 2.89. The molecule has 0 heterocycles. The summed E-state index contributed by atoms with van der Waals surface area (Å²) in [5, 5.41) is 5.57. The van der Waals surface area contributed by atoms with E-state index < -0.39 is 5.41 Å². The van der Waals surface area contributed by atoms with Gasteiger partial charge in [-0.15, -0.1) is 0 Å². The van der Waals surface area contributed by atoms with Gasteiger partial charge in [0.25, 0.3) is 0 Å². The number of carbonyl (C=O) groups excluding carboxylic acids is 3. The van der Waals surface area contributed by atoms with Crippen LogP contribution in [0.15, 0.2) is 0 Å². The molecule has 0 bridgehead atoms. The summed E-state index contributed by atoms with van der Waals surface area (Å²) in [6.07, 6.45) is 0.193. The molecule has 128 valence electrons. The van der Waals surface area contributed by atoms with Crippen LogP contribution in [0.25, 0.3) is 0 Å².